The second-order valence-corrected chi connectivity index (χ2v) is 7.18. The third kappa shape index (κ3) is 6.23. The highest BCUT2D eigenvalue weighted by molar-refractivity contribution is 6.37. The van der Waals surface area contributed by atoms with Crippen LogP contribution in [0.2, 0.25) is 10.0 Å². The van der Waals surface area contributed by atoms with Crippen LogP contribution >= 0.6 is 23.2 Å². The first-order chi connectivity index (χ1) is 14.7. The molecule has 1 amide bonds. The van der Waals surface area contributed by atoms with Crippen molar-refractivity contribution >= 4 is 35.3 Å². The fourth-order valence-electron chi connectivity index (χ4n) is 2.59. The highest BCUT2D eigenvalue weighted by Crippen LogP contribution is 2.34. The number of hydrazone groups is 1. The molecule has 4 nitrogen and oxygen atoms in total. The molecule has 0 saturated heterocycles. The normalized spacial score (nSPS) is 11.5. The Kier molecular flexibility index (Phi) is 7.20. The zero-order valence-electron chi connectivity index (χ0n) is 15.8. The van der Waals surface area contributed by atoms with Crippen LogP contribution in [0.5, 0.6) is 5.75 Å². The fraction of sp³-hybridized carbons (Fsp3) is 0.0909. The minimum Gasteiger partial charge on any atom is -0.486 e. The summed E-state index contributed by atoms with van der Waals surface area (Å²) >= 11 is 12.5. The van der Waals surface area contributed by atoms with Crippen molar-refractivity contribution in [2.75, 3.05) is 0 Å². The summed E-state index contributed by atoms with van der Waals surface area (Å²) in [7, 11) is 0. The predicted octanol–water partition coefficient (Wildman–Crippen LogP) is 6.36. The summed E-state index contributed by atoms with van der Waals surface area (Å²) in [4.78, 5) is 12.1. The Bertz CT molecular complexity index is 1080. The van der Waals surface area contributed by atoms with Crippen LogP contribution in [0.25, 0.3) is 0 Å². The van der Waals surface area contributed by atoms with Crippen LogP contribution in [0.1, 0.15) is 27.0 Å². The molecular formula is C22H15Cl2F3N2O2. The first-order valence-corrected chi connectivity index (χ1v) is 9.66. The lowest BCUT2D eigenvalue weighted by Crippen LogP contribution is -2.18. The van der Waals surface area contributed by atoms with Crippen molar-refractivity contribution in [3.05, 3.63) is 99.0 Å². The SMILES string of the molecule is O=C(N/N=C\c1cc(Cl)c(OCc2ccccc2)c(Cl)c1)c1cccc(C(F)(F)F)c1. The maximum absolute atomic E-state index is 12.8. The zero-order chi connectivity index (χ0) is 22.4. The van der Waals surface area contributed by atoms with Gasteiger partial charge < -0.3 is 4.74 Å². The van der Waals surface area contributed by atoms with Gasteiger partial charge in [-0.15, -0.1) is 0 Å². The van der Waals surface area contributed by atoms with Crippen molar-refractivity contribution in [3.8, 4) is 5.75 Å². The van der Waals surface area contributed by atoms with E-state index in [0.717, 1.165) is 23.8 Å². The van der Waals surface area contributed by atoms with E-state index < -0.39 is 17.6 Å². The molecule has 1 N–H and O–H groups in total. The van der Waals surface area contributed by atoms with Crippen LogP contribution in [0.4, 0.5) is 13.2 Å². The highest BCUT2D eigenvalue weighted by Gasteiger charge is 2.30. The molecule has 0 spiro atoms. The maximum atomic E-state index is 12.8. The minimum atomic E-state index is -4.54. The van der Waals surface area contributed by atoms with Crippen LogP contribution in [-0.4, -0.2) is 12.1 Å². The first-order valence-electron chi connectivity index (χ1n) is 8.90. The summed E-state index contributed by atoms with van der Waals surface area (Å²) < 4.78 is 44.0. The van der Waals surface area contributed by atoms with Crippen molar-refractivity contribution < 1.29 is 22.7 Å². The number of benzene rings is 3. The smallest absolute Gasteiger partial charge is 0.416 e. The molecule has 3 aromatic rings. The summed E-state index contributed by atoms with van der Waals surface area (Å²) in [6, 6.07) is 16.6. The van der Waals surface area contributed by atoms with Gasteiger partial charge in [0.25, 0.3) is 5.91 Å². The van der Waals surface area contributed by atoms with Crippen LogP contribution in [0, 0.1) is 0 Å². The molecule has 9 heteroatoms. The van der Waals surface area contributed by atoms with Gasteiger partial charge in [-0.3, -0.25) is 4.79 Å². The first kappa shape index (κ1) is 22.7. The number of hydrogen-bond acceptors (Lipinski definition) is 3. The largest absolute Gasteiger partial charge is 0.486 e. The summed E-state index contributed by atoms with van der Waals surface area (Å²) in [5, 5.41) is 4.24. The van der Waals surface area contributed by atoms with Crippen molar-refractivity contribution in [1.29, 1.82) is 0 Å². The summed E-state index contributed by atoms with van der Waals surface area (Å²) in [5.74, 6) is -0.486. The number of nitrogens with one attached hydrogen (secondary N) is 1. The lowest BCUT2D eigenvalue weighted by molar-refractivity contribution is -0.137. The van der Waals surface area contributed by atoms with E-state index >= 15 is 0 Å². The Balaban J connectivity index is 1.65. The van der Waals surface area contributed by atoms with E-state index in [4.69, 9.17) is 27.9 Å². The predicted molar refractivity (Wildman–Crippen MR) is 114 cm³/mol. The molecule has 0 bridgehead atoms. The molecule has 31 heavy (non-hydrogen) atoms. The number of hydrogen-bond donors (Lipinski definition) is 1. The van der Waals surface area contributed by atoms with Gasteiger partial charge in [-0.25, -0.2) is 5.43 Å². The summed E-state index contributed by atoms with van der Waals surface area (Å²) in [6.07, 6.45) is -3.28. The van der Waals surface area contributed by atoms with Gasteiger partial charge in [0.05, 0.1) is 21.8 Å². The Morgan fingerprint density at radius 1 is 1.00 bits per heavy atom. The zero-order valence-corrected chi connectivity index (χ0v) is 17.3. The second kappa shape index (κ2) is 9.85. The molecule has 0 unspecified atom stereocenters. The van der Waals surface area contributed by atoms with Gasteiger partial charge in [0.1, 0.15) is 6.61 Å². The van der Waals surface area contributed by atoms with Crippen LogP contribution in [0.3, 0.4) is 0 Å². The van der Waals surface area contributed by atoms with Crippen LogP contribution < -0.4 is 10.2 Å². The standard InChI is InChI=1S/C22H15Cl2F3N2O2/c23-18-9-15(10-19(24)20(18)31-13-14-5-2-1-3-6-14)12-28-29-21(30)16-7-4-8-17(11-16)22(25,26)27/h1-12H,13H2,(H,29,30)/b28-12-. The van der Waals surface area contributed by atoms with E-state index in [0.29, 0.717) is 11.3 Å². The molecule has 0 aromatic heterocycles. The van der Waals surface area contributed by atoms with Gasteiger partial charge >= 0.3 is 6.18 Å². The van der Waals surface area contributed by atoms with Crippen LogP contribution in [-0.2, 0) is 12.8 Å². The number of halogens is 5. The van der Waals surface area contributed by atoms with Gasteiger partial charge in [0, 0.05) is 5.56 Å². The minimum absolute atomic E-state index is 0.173. The number of nitrogens with zero attached hydrogens (tertiary/aromatic N) is 1. The molecule has 0 atom stereocenters. The third-order valence-electron chi connectivity index (χ3n) is 4.08. The van der Waals surface area contributed by atoms with E-state index in [1.54, 1.807) is 0 Å². The Morgan fingerprint density at radius 2 is 1.68 bits per heavy atom. The monoisotopic (exact) mass is 466 g/mol. The van der Waals surface area contributed by atoms with Crippen molar-refractivity contribution in [2.24, 2.45) is 5.10 Å². The van der Waals surface area contributed by atoms with E-state index in [1.807, 2.05) is 30.3 Å². The molecule has 0 aliphatic rings. The second-order valence-electron chi connectivity index (χ2n) is 6.37. The average molecular weight is 467 g/mol. The number of carbonyl (C=O) groups is 1. The lowest BCUT2D eigenvalue weighted by Gasteiger charge is -2.11. The number of amides is 1. The molecule has 0 aliphatic heterocycles. The topological polar surface area (TPSA) is 50.7 Å². The average Bonchev–Trinajstić information content (AvgIpc) is 2.73. The molecule has 0 radical (unpaired) electrons. The number of ether oxygens (including phenoxy) is 1. The molecule has 0 saturated carbocycles. The molecule has 0 aliphatic carbocycles. The molecule has 160 valence electrons. The molecule has 3 rings (SSSR count). The third-order valence-corrected chi connectivity index (χ3v) is 4.64. The Labute approximate surface area is 186 Å². The van der Waals surface area contributed by atoms with Gasteiger partial charge in [0.15, 0.2) is 5.75 Å². The van der Waals surface area contributed by atoms with Gasteiger partial charge in [-0.1, -0.05) is 59.6 Å². The van der Waals surface area contributed by atoms with Gasteiger partial charge in [0.2, 0.25) is 0 Å². The van der Waals surface area contributed by atoms with Crippen molar-refractivity contribution in [2.45, 2.75) is 12.8 Å². The molecular weight excluding hydrogens is 452 g/mol. The Morgan fingerprint density at radius 3 is 2.32 bits per heavy atom. The molecule has 0 heterocycles. The highest BCUT2D eigenvalue weighted by atomic mass is 35.5. The fourth-order valence-corrected chi connectivity index (χ4v) is 3.20. The van der Waals surface area contributed by atoms with Gasteiger partial charge in [-0.05, 0) is 41.5 Å². The number of alkyl halides is 3. The Hall–Kier alpha value is -3.03. The quantitative estimate of drug-likeness (QED) is 0.339. The molecule has 0 fully saturated rings. The number of rotatable bonds is 6. The van der Waals surface area contributed by atoms with E-state index in [1.165, 1.54) is 24.4 Å². The summed E-state index contributed by atoms with van der Waals surface area (Å²) in [5.41, 5.74) is 2.48. The number of carbonyl (C=O) groups excluding carboxylic acids is 1. The van der Waals surface area contributed by atoms with E-state index in [2.05, 4.69) is 10.5 Å². The maximum Gasteiger partial charge on any atom is 0.416 e. The molecule has 3 aromatic carbocycles. The van der Waals surface area contributed by atoms with Crippen LogP contribution in [0.15, 0.2) is 71.8 Å². The van der Waals surface area contributed by atoms with E-state index in [-0.39, 0.29) is 22.2 Å². The van der Waals surface area contributed by atoms with Crippen molar-refractivity contribution in [3.63, 3.8) is 0 Å². The lowest BCUT2D eigenvalue weighted by atomic mass is 10.1. The van der Waals surface area contributed by atoms with Crippen molar-refractivity contribution in [1.82, 2.24) is 5.43 Å². The van der Waals surface area contributed by atoms with Gasteiger partial charge in [-0.2, -0.15) is 18.3 Å². The van der Waals surface area contributed by atoms with E-state index in [9.17, 15) is 18.0 Å². The summed E-state index contributed by atoms with van der Waals surface area (Å²) in [6.45, 7) is 0.279.